The summed E-state index contributed by atoms with van der Waals surface area (Å²) in [5.74, 6) is 1.67. The molecule has 0 radical (unpaired) electrons. The normalized spacial score (nSPS) is 13.0. The maximum atomic E-state index is 4.33. The Hall–Kier alpha value is -2.08. The Bertz CT molecular complexity index is 599. The number of hydrogen-bond acceptors (Lipinski definition) is 6. The smallest absolute Gasteiger partial charge is 0.177 e. The van der Waals surface area contributed by atoms with Crippen LogP contribution in [0.3, 0.4) is 0 Å². The van der Waals surface area contributed by atoms with Gasteiger partial charge in [-0.25, -0.2) is 15.0 Å². The number of anilines is 1. The lowest BCUT2D eigenvalue weighted by molar-refractivity contribution is 0.837. The molecular formula is C13H13N5S. The van der Waals surface area contributed by atoms with E-state index < -0.39 is 0 Å². The lowest BCUT2D eigenvalue weighted by Gasteiger charge is -2.23. The number of nitrogens with one attached hydrogen (secondary N) is 1. The predicted octanol–water partition coefficient (Wildman–Crippen LogP) is 2.38. The first kappa shape index (κ1) is 12.0. The number of rotatable bonds is 3. The maximum absolute atomic E-state index is 4.33. The van der Waals surface area contributed by atoms with Crippen LogP contribution < -0.4 is 10.4 Å². The second-order valence-corrected chi connectivity index (χ2v) is 5.04. The summed E-state index contributed by atoms with van der Waals surface area (Å²) in [4.78, 5) is 12.9. The van der Waals surface area contributed by atoms with E-state index in [4.69, 9.17) is 0 Å². The highest BCUT2D eigenvalue weighted by Gasteiger charge is 2.16. The molecule has 0 aliphatic carbocycles. The highest BCUT2D eigenvalue weighted by Crippen LogP contribution is 2.36. The third-order valence-electron chi connectivity index (χ3n) is 2.75. The van der Waals surface area contributed by atoms with Crippen LogP contribution in [0, 0.1) is 0 Å². The van der Waals surface area contributed by atoms with Gasteiger partial charge in [-0.15, -0.1) is 0 Å². The SMILES string of the molecule is CN1NC=Nc2c(SCc3ccccc3)ncnc21. The van der Waals surface area contributed by atoms with E-state index >= 15 is 0 Å². The molecule has 3 rings (SSSR count). The van der Waals surface area contributed by atoms with E-state index in [1.54, 1.807) is 24.4 Å². The van der Waals surface area contributed by atoms with Gasteiger partial charge in [0, 0.05) is 12.8 Å². The van der Waals surface area contributed by atoms with Gasteiger partial charge in [-0.05, 0) is 5.56 Å². The predicted molar refractivity (Wildman–Crippen MR) is 77.7 cm³/mol. The standard InChI is InChI=1S/C13H13N5S/c1-18-12-11(14-9-17-18)13(16-8-15-12)19-7-10-5-3-2-4-6-10/h2-6,8-9H,7H2,1H3,(H,14,17). The van der Waals surface area contributed by atoms with Crippen LogP contribution in [0.2, 0.25) is 0 Å². The average Bonchev–Trinajstić information content (AvgIpc) is 2.47. The van der Waals surface area contributed by atoms with Crippen LogP contribution in [0.5, 0.6) is 0 Å². The van der Waals surface area contributed by atoms with E-state index in [-0.39, 0.29) is 0 Å². The number of hydrazine groups is 1. The van der Waals surface area contributed by atoms with E-state index in [2.05, 4.69) is 32.5 Å². The Labute approximate surface area is 115 Å². The fourth-order valence-corrected chi connectivity index (χ4v) is 2.68. The summed E-state index contributed by atoms with van der Waals surface area (Å²) < 4.78 is 0. The van der Waals surface area contributed by atoms with E-state index in [1.165, 1.54) is 5.56 Å². The zero-order valence-corrected chi connectivity index (χ0v) is 11.3. The van der Waals surface area contributed by atoms with E-state index in [0.29, 0.717) is 0 Å². The third kappa shape index (κ3) is 2.53. The van der Waals surface area contributed by atoms with Crippen molar-refractivity contribution in [3.05, 3.63) is 42.2 Å². The summed E-state index contributed by atoms with van der Waals surface area (Å²) in [7, 11) is 1.91. The van der Waals surface area contributed by atoms with E-state index in [1.807, 2.05) is 30.3 Å². The van der Waals surface area contributed by atoms with Crippen LogP contribution in [0.1, 0.15) is 5.56 Å². The van der Waals surface area contributed by atoms with Gasteiger partial charge in [0.15, 0.2) is 5.82 Å². The zero-order valence-electron chi connectivity index (χ0n) is 10.4. The zero-order chi connectivity index (χ0) is 13.1. The minimum absolute atomic E-state index is 0.799. The Balaban J connectivity index is 1.83. The minimum Gasteiger partial charge on any atom is -0.287 e. The quantitative estimate of drug-likeness (QED) is 0.686. The van der Waals surface area contributed by atoms with Gasteiger partial charge >= 0.3 is 0 Å². The van der Waals surface area contributed by atoms with Gasteiger partial charge in [-0.2, -0.15) is 0 Å². The highest BCUT2D eigenvalue weighted by atomic mass is 32.2. The molecule has 0 saturated heterocycles. The van der Waals surface area contributed by atoms with Gasteiger partial charge in [0.1, 0.15) is 23.4 Å². The first-order valence-corrected chi connectivity index (χ1v) is 6.87. The molecule has 6 heteroatoms. The third-order valence-corrected chi connectivity index (χ3v) is 3.80. The van der Waals surface area contributed by atoms with Gasteiger partial charge in [0.2, 0.25) is 0 Å². The van der Waals surface area contributed by atoms with Crippen LogP contribution in [-0.2, 0) is 5.75 Å². The van der Waals surface area contributed by atoms with Crippen LogP contribution in [0.4, 0.5) is 11.5 Å². The summed E-state index contributed by atoms with van der Waals surface area (Å²) in [6.45, 7) is 0. The second-order valence-electron chi connectivity index (χ2n) is 4.07. The molecule has 0 amide bonds. The molecule has 19 heavy (non-hydrogen) atoms. The molecule has 0 atom stereocenters. The number of thioether (sulfide) groups is 1. The maximum Gasteiger partial charge on any atom is 0.177 e. The molecule has 1 N–H and O–H groups in total. The van der Waals surface area contributed by atoms with E-state index in [0.717, 1.165) is 22.3 Å². The van der Waals surface area contributed by atoms with Crippen molar-refractivity contribution in [1.29, 1.82) is 0 Å². The highest BCUT2D eigenvalue weighted by molar-refractivity contribution is 7.98. The molecule has 1 aliphatic rings. The molecular weight excluding hydrogens is 258 g/mol. The van der Waals surface area contributed by atoms with Crippen molar-refractivity contribution in [2.45, 2.75) is 10.8 Å². The van der Waals surface area contributed by atoms with Crippen molar-refractivity contribution in [2.75, 3.05) is 12.1 Å². The fraction of sp³-hybridized carbons (Fsp3) is 0.154. The first-order valence-electron chi connectivity index (χ1n) is 5.89. The summed E-state index contributed by atoms with van der Waals surface area (Å²) in [5, 5.41) is 2.73. The molecule has 1 aliphatic heterocycles. The number of nitrogens with zero attached hydrogens (tertiary/aromatic N) is 4. The van der Waals surface area contributed by atoms with Gasteiger partial charge in [0.05, 0.1) is 0 Å². The molecule has 96 valence electrons. The Morgan fingerprint density at radius 3 is 2.89 bits per heavy atom. The summed E-state index contributed by atoms with van der Waals surface area (Å²) in [6, 6.07) is 10.3. The number of aromatic nitrogens is 2. The summed E-state index contributed by atoms with van der Waals surface area (Å²) in [5.41, 5.74) is 5.07. The topological polar surface area (TPSA) is 53.4 Å². The van der Waals surface area contributed by atoms with Crippen molar-refractivity contribution in [2.24, 2.45) is 4.99 Å². The van der Waals surface area contributed by atoms with E-state index in [9.17, 15) is 0 Å². The van der Waals surface area contributed by atoms with Crippen LogP contribution in [-0.4, -0.2) is 23.4 Å². The molecule has 0 bridgehead atoms. The van der Waals surface area contributed by atoms with Crippen LogP contribution >= 0.6 is 11.8 Å². The number of hydrogen-bond donors (Lipinski definition) is 1. The Morgan fingerprint density at radius 2 is 2.05 bits per heavy atom. The molecule has 2 heterocycles. The first-order chi connectivity index (χ1) is 9.34. The molecule has 0 saturated carbocycles. The molecule has 1 aromatic heterocycles. The number of aliphatic imine (C=N–C) groups is 1. The monoisotopic (exact) mass is 271 g/mol. The average molecular weight is 271 g/mol. The van der Waals surface area contributed by atoms with Crippen molar-refractivity contribution >= 4 is 29.6 Å². The van der Waals surface area contributed by atoms with Crippen molar-refractivity contribution in [3.63, 3.8) is 0 Å². The molecule has 0 unspecified atom stereocenters. The minimum atomic E-state index is 0.799. The van der Waals surface area contributed by atoms with Crippen LogP contribution in [0.15, 0.2) is 46.7 Å². The molecule has 2 aromatic rings. The molecule has 0 fully saturated rings. The van der Waals surface area contributed by atoms with Crippen LogP contribution in [0.25, 0.3) is 0 Å². The van der Waals surface area contributed by atoms with Crippen molar-refractivity contribution < 1.29 is 0 Å². The largest absolute Gasteiger partial charge is 0.287 e. The lowest BCUT2D eigenvalue weighted by atomic mass is 10.2. The molecule has 5 nitrogen and oxygen atoms in total. The lowest BCUT2D eigenvalue weighted by Crippen LogP contribution is -2.35. The molecule has 0 spiro atoms. The van der Waals surface area contributed by atoms with Gasteiger partial charge in [-0.1, -0.05) is 42.1 Å². The van der Waals surface area contributed by atoms with Gasteiger partial charge in [0.25, 0.3) is 0 Å². The second kappa shape index (κ2) is 5.27. The Kier molecular flexibility index (Phi) is 3.33. The number of benzene rings is 1. The van der Waals surface area contributed by atoms with Crippen molar-refractivity contribution in [1.82, 2.24) is 15.4 Å². The van der Waals surface area contributed by atoms with Crippen molar-refractivity contribution in [3.8, 4) is 0 Å². The number of fused-ring (bicyclic) bond motifs is 1. The van der Waals surface area contributed by atoms with Gasteiger partial charge < -0.3 is 0 Å². The Morgan fingerprint density at radius 1 is 1.21 bits per heavy atom. The molecule has 1 aromatic carbocycles. The van der Waals surface area contributed by atoms with Gasteiger partial charge in [-0.3, -0.25) is 10.4 Å². The summed E-state index contributed by atoms with van der Waals surface area (Å²) >= 11 is 1.67. The summed E-state index contributed by atoms with van der Waals surface area (Å²) in [6.07, 6.45) is 3.23. The fourth-order valence-electron chi connectivity index (χ4n) is 1.79.